The number of hydrogen-bond donors (Lipinski definition) is 0. The van der Waals surface area contributed by atoms with Gasteiger partial charge in [0, 0.05) is 7.11 Å². The molecule has 3 aromatic rings. The zero-order valence-corrected chi connectivity index (χ0v) is 16.7. The highest BCUT2D eigenvalue weighted by molar-refractivity contribution is 5.69. The van der Waals surface area contributed by atoms with E-state index in [1.807, 2.05) is 54.6 Å². The number of benzene rings is 3. The first-order chi connectivity index (χ1) is 14.5. The van der Waals surface area contributed by atoms with Crippen LogP contribution in [0.2, 0.25) is 0 Å². The maximum absolute atomic E-state index is 13.6. The summed E-state index contributed by atoms with van der Waals surface area (Å²) in [6.45, 7) is 0.368. The minimum absolute atomic E-state index is 0.156. The van der Waals surface area contributed by atoms with E-state index in [0.29, 0.717) is 24.5 Å². The van der Waals surface area contributed by atoms with E-state index >= 15 is 0 Å². The van der Waals surface area contributed by atoms with Crippen molar-refractivity contribution in [3.05, 3.63) is 102 Å². The Morgan fingerprint density at radius 3 is 2.20 bits per heavy atom. The predicted octanol–water partition coefficient (Wildman–Crippen LogP) is 7.20. The summed E-state index contributed by atoms with van der Waals surface area (Å²) < 4.78 is 51.5. The Morgan fingerprint density at radius 2 is 1.53 bits per heavy atom. The number of hydrogen-bond acceptors (Lipinski definition) is 2. The number of para-hydroxylation sites is 1. The average molecular weight is 412 g/mol. The first-order valence-electron chi connectivity index (χ1n) is 9.63. The number of methoxy groups -OCH3 is 1. The maximum Gasteiger partial charge on any atom is 0.416 e. The summed E-state index contributed by atoms with van der Waals surface area (Å²) in [7, 11) is 1.55. The molecule has 0 fully saturated rings. The van der Waals surface area contributed by atoms with Crippen molar-refractivity contribution in [2.75, 3.05) is 7.11 Å². The largest absolute Gasteiger partial charge is 0.457 e. The van der Waals surface area contributed by atoms with Crippen LogP contribution in [0, 0.1) is 0 Å². The van der Waals surface area contributed by atoms with Gasteiger partial charge in [0.25, 0.3) is 0 Å². The second kappa shape index (κ2) is 10.1. The third kappa shape index (κ3) is 6.22. The monoisotopic (exact) mass is 412 g/mol. The van der Waals surface area contributed by atoms with Crippen LogP contribution in [0.25, 0.3) is 5.57 Å². The van der Waals surface area contributed by atoms with E-state index in [0.717, 1.165) is 11.1 Å². The molecule has 0 heterocycles. The molecule has 156 valence electrons. The van der Waals surface area contributed by atoms with Crippen LogP contribution in [0.1, 0.15) is 23.1 Å². The zero-order chi connectivity index (χ0) is 21.4. The van der Waals surface area contributed by atoms with Crippen molar-refractivity contribution in [1.29, 1.82) is 0 Å². The molecule has 0 aliphatic carbocycles. The van der Waals surface area contributed by atoms with Crippen LogP contribution in [-0.2, 0) is 17.8 Å². The summed E-state index contributed by atoms with van der Waals surface area (Å²) in [6, 6.07) is 23.1. The number of halogens is 3. The van der Waals surface area contributed by atoms with Crippen molar-refractivity contribution < 1.29 is 22.6 Å². The number of aryl methyl sites for hydroxylation is 1. The van der Waals surface area contributed by atoms with E-state index in [1.54, 1.807) is 19.2 Å². The summed E-state index contributed by atoms with van der Waals surface area (Å²) in [5.74, 6) is 1.37. The lowest BCUT2D eigenvalue weighted by atomic mass is 10.0. The first kappa shape index (κ1) is 21.7. The Kier molecular flexibility index (Phi) is 7.31. The van der Waals surface area contributed by atoms with Crippen LogP contribution in [0.4, 0.5) is 13.2 Å². The van der Waals surface area contributed by atoms with Crippen LogP contribution < -0.4 is 4.74 Å². The quantitative estimate of drug-likeness (QED) is 0.389. The molecule has 0 saturated heterocycles. The minimum Gasteiger partial charge on any atom is -0.457 e. The SMILES string of the molecule is COCc1ccc(C(=CCCc2cccc(Oc3ccccc3)c2)C(F)(F)F)cc1. The minimum atomic E-state index is -4.42. The molecule has 0 unspecified atom stereocenters. The number of allylic oxidation sites excluding steroid dienone is 2. The molecule has 0 bridgehead atoms. The Balaban J connectivity index is 1.70. The number of alkyl halides is 3. The fraction of sp³-hybridized carbons (Fsp3) is 0.200. The Hall–Kier alpha value is -3.05. The Labute approximate surface area is 174 Å². The van der Waals surface area contributed by atoms with Crippen LogP contribution >= 0.6 is 0 Å². The third-order valence-electron chi connectivity index (χ3n) is 4.54. The molecule has 0 aromatic heterocycles. The highest BCUT2D eigenvalue weighted by Crippen LogP contribution is 2.34. The molecule has 0 atom stereocenters. The van der Waals surface area contributed by atoms with Gasteiger partial charge in [-0.1, -0.05) is 60.7 Å². The molecule has 30 heavy (non-hydrogen) atoms. The summed E-state index contributed by atoms with van der Waals surface area (Å²) in [6.07, 6.45) is -2.41. The molecule has 3 aromatic carbocycles. The predicted molar refractivity (Wildman–Crippen MR) is 112 cm³/mol. The van der Waals surface area contributed by atoms with Crippen molar-refractivity contribution in [2.45, 2.75) is 25.6 Å². The summed E-state index contributed by atoms with van der Waals surface area (Å²) >= 11 is 0. The van der Waals surface area contributed by atoms with Gasteiger partial charge < -0.3 is 9.47 Å². The topological polar surface area (TPSA) is 18.5 Å². The van der Waals surface area contributed by atoms with Crippen LogP contribution in [0.5, 0.6) is 11.5 Å². The fourth-order valence-corrected chi connectivity index (χ4v) is 3.12. The molecule has 0 radical (unpaired) electrons. The molecular formula is C25H23F3O2. The second-order valence-electron chi connectivity index (χ2n) is 6.85. The van der Waals surface area contributed by atoms with E-state index in [9.17, 15) is 13.2 Å². The van der Waals surface area contributed by atoms with Gasteiger partial charge in [0.15, 0.2) is 0 Å². The summed E-state index contributed by atoms with van der Waals surface area (Å²) in [4.78, 5) is 0. The lowest BCUT2D eigenvalue weighted by Crippen LogP contribution is -2.11. The molecule has 0 aliphatic rings. The van der Waals surface area contributed by atoms with Crippen molar-refractivity contribution in [2.24, 2.45) is 0 Å². The van der Waals surface area contributed by atoms with Crippen molar-refractivity contribution in [1.82, 2.24) is 0 Å². The summed E-state index contributed by atoms with van der Waals surface area (Å²) in [5.41, 5.74) is 1.28. The van der Waals surface area contributed by atoms with Crippen molar-refractivity contribution >= 4 is 5.57 Å². The van der Waals surface area contributed by atoms with Crippen LogP contribution in [0.3, 0.4) is 0 Å². The Bertz CT molecular complexity index is 962. The van der Waals surface area contributed by atoms with E-state index in [-0.39, 0.29) is 12.0 Å². The van der Waals surface area contributed by atoms with Gasteiger partial charge in [0.05, 0.1) is 12.2 Å². The van der Waals surface area contributed by atoms with Gasteiger partial charge in [-0.25, -0.2) is 0 Å². The molecule has 5 heteroatoms. The van der Waals surface area contributed by atoms with Gasteiger partial charge >= 0.3 is 6.18 Å². The van der Waals surface area contributed by atoms with Crippen molar-refractivity contribution in [3.63, 3.8) is 0 Å². The van der Waals surface area contributed by atoms with E-state index in [4.69, 9.17) is 9.47 Å². The van der Waals surface area contributed by atoms with Gasteiger partial charge in [-0.3, -0.25) is 0 Å². The van der Waals surface area contributed by atoms with Crippen LogP contribution in [-0.4, -0.2) is 13.3 Å². The molecule has 2 nitrogen and oxygen atoms in total. The molecule has 0 aliphatic heterocycles. The first-order valence-corrected chi connectivity index (χ1v) is 9.63. The highest BCUT2D eigenvalue weighted by Gasteiger charge is 2.34. The number of rotatable bonds is 8. The molecular weight excluding hydrogens is 389 g/mol. The van der Waals surface area contributed by atoms with Crippen molar-refractivity contribution in [3.8, 4) is 11.5 Å². The molecule has 0 N–H and O–H groups in total. The van der Waals surface area contributed by atoms with E-state index < -0.39 is 11.7 Å². The average Bonchev–Trinajstić information content (AvgIpc) is 2.72. The second-order valence-corrected chi connectivity index (χ2v) is 6.85. The molecule has 0 spiro atoms. The lowest BCUT2D eigenvalue weighted by molar-refractivity contribution is -0.0690. The highest BCUT2D eigenvalue weighted by atomic mass is 19.4. The van der Waals surface area contributed by atoms with Gasteiger partial charge in [-0.2, -0.15) is 13.2 Å². The third-order valence-corrected chi connectivity index (χ3v) is 4.54. The smallest absolute Gasteiger partial charge is 0.416 e. The lowest BCUT2D eigenvalue weighted by Gasteiger charge is -2.13. The van der Waals surface area contributed by atoms with Gasteiger partial charge in [-0.15, -0.1) is 0 Å². The number of ether oxygens (including phenoxy) is 2. The van der Waals surface area contributed by atoms with E-state index in [2.05, 4.69) is 0 Å². The standard InChI is InChI=1S/C25H23F3O2/c1-29-18-20-13-15-21(16-14-20)24(25(26,27)28)12-6-8-19-7-5-11-23(17-19)30-22-9-3-2-4-10-22/h2-5,7,9-17H,6,8,18H2,1H3. The molecule has 0 saturated carbocycles. The maximum atomic E-state index is 13.6. The van der Waals surface area contributed by atoms with Crippen LogP contribution in [0.15, 0.2) is 84.9 Å². The summed E-state index contributed by atoms with van der Waals surface area (Å²) in [5, 5.41) is 0. The van der Waals surface area contributed by atoms with Gasteiger partial charge in [0.1, 0.15) is 11.5 Å². The van der Waals surface area contributed by atoms with E-state index in [1.165, 1.54) is 18.2 Å². The normalized spacial score (nSPS) is 12.1. The van der Waals surface area contributed by atoms with Gasteiger partial charge in [-0.05, 0) is 53.8 Å². The molecule has 0 amide bonds. The molecule has 3 rings (SSSR count). The Morgan fingerprint density at radius 1 is 0.833 bits per heavy atom. The van der Waals surface area contributed by atoms with Gasteiger partial charge in [0.2, 0.25) is 0 Å². The fourth-order valence-electron chi connectivity index (χ4n) is 3.12. The zero-order valence-electron chi connectivity index (χ0n) is 16.7.